The second-order valence-electron chi connectivity index (χ2n) is 8.76. The molecule has 6 nitrogen and oxygen atoms in total. The molecule has 0 aliphatic carbocycles. The molecule has 0 unspecified atom stereocenters. The van der Waals surface area contributed by atoms with Crippen LogP contribution in [0.2, 0.25) is 0 Å². The maximum Gasteiger partial charge on any atom is 0.253 e. The number of hydrogen-bond donors (Lipinski definition) is 1. The zero-order valence-electron chi connectivity index (χ0n) is 18.9. The molecule has 2 aromatic carbocycles. The summed E-state index contributed by atoms with van der Waals surface area (Å²) in [6.45, 7) is 3.21. The van der Waals surface area contributed by atoms with E-state index in [0.29, 0.717) is 38.0 Å². The SMILES string of the molecule is O=C(NCc1cccc(C(=O)N2CCCC2)c1)C1CCN(C(=O)/C=C/c2ccccc2)CC1. The van der Waals surface area contributed by atoms with E-state index in [1.807, 2.05) is 65.6 Å². The van der Waals surface area contributed by atoms with E-state index in [1.54, 1.807) is 11.0 Å². The molecule has 6 heteroatoms. The third-order valence-electron chi connectivity index (χ3n) is 6.43. The lowest BCUT2D eigenvalue weighted by Crippen LogP contribution is -2.42. The number of piperidine rings is 1. The molecule has 2 heterocycles. The van der Waals surface area contributed by atoms with Crippen LogP contribution in [-0.4, -0.2) is 53.7 Å². The zero-order chi connectivity index (χ0) is 23.0. The van der Waals surface area contributed by atoms with Crippen molar-refractivity contribution in [1.29, 1.82) is 0 Å². The summed E-state index contributed by atoms with van der Waals surface area (Å²) in [7, 11) is 0. The lowest BCUT2D eigenvalue weighted by atomic mass is 9.95. The standard InChI is InChI=1S/C27H31N3O3/c31-25(12-11-21-7-2-1-3-8-21)29-17-13-23(14-18-29)26(32)28-20-22-9-6-10-24(19-22)27(33)30-15-4-5-16-30/h1-3,6-12,19,23H,4-5,13-18,20H2,(H,28,32)/b12-11+. The summed E-state index contributed by atoms with van der Waals surface area (Å²) in [6, 6.07) is 17.3. The lowest BCUT2D eigenvalue weighted by molar-refractivity contribution is -0.132. The first kappa shape index (κ1) is 22.8. The van der Waals surface area contributed by atoms with E-state index in [0.717, 1.165) is 37.1 Å². The van der Waals surface area contributed by atoms with Crippen LogP contribution in [0, 0.1) is 5.92 Å². The van der Waals surface area contributed by atoms with Gasteiger partial charge in [-0.1, -0.05) is 42.5 Å². The van der Waals surface area contributed by atoms with Crippen molar-refractivity contribution in [2.24, 2.45) is 5.92 Å². The van der Waals surface area contributed by atoms with Crippen LogP contribution in [0.5, 0.6) is 0 Å². The van der Waals surface area contributed by atoms with E-state index in [2.05, 4.69) is 5.32 Å². The van der Waals surface area contributed by atoms with E-state index in [9.17, 15) is 14.4 Å². The zero-order valence-corrected chi connectivity index (χ0v) is 18.9. The minimum atomic E-state index is -0.0958. The Morgan fingerprint density at radius 1 is 0.879 bits per heavy atom. The number of hydrogen-bond acceptors (Lipinski definition) is 3. The Bertz CT molecular complexity index is 1000. The molecular formula is C27H31N3O3. The number of rotatable bonds is 6. The van der Waals surface area contributed by atoms with Gasteiger partial charge in [0, 0.05) is 50.3 Å². The van der Waals surface area contributed by atoms with Gasteiger partial charge in [0.05, 0.1) is 0 Å². The number of nitrogens with one attached hydrogen (secondary N) is 1. The molecule has 33 heavy (non-hydrogen) atoms. The predicted molar refractivity (Wildman–Crippen MR) is 128 cm³/mol. The Labute approximate surface area is 195 Å². The number of likely N-dealkylation sites (tertiary alicyclic amines) is 2. The van der Waals surface area contributed by atoms with Crippen molar-refractivity contribution < 1.29 is 14.4 Å². The Hall–Kier alpha value is -3.41. The maximum atomic E-state index is 12.7. The topological polar surface area (TPSA) is 69.7 Å². The van der Waals surface area contributed by atoms with E-state index in [-0.39, 0.29) is 23.6 Å². The second kappa shape index (κ2) is 10.9. The first-order chi connectivity index (χ1) is 16.1. The molecule has 2 aliphatic heterocycles. The van der Waals surface area contributed by atoms with Crippen LogP contribution < -0.4 is 5.32 Å². The number of carbonyl (C=O) groups excluding carboxylic acids is 3. The molecule has 2 saturated heterocycles. The van der Waals surface area contributed by atoms with Crippen molar-refractivity contribution >= 4 is 23.8 Å². The Morgan fingerprint density at radius 3 is 2.33 bits per heavy atom. The highest BCUT2D eigenvalue weighted by Gasteiger charge is 2.26. The molecule has 0 spiro atoms. The van der Waals surface area contributed by atoms with Crippen LogP contribution in [-0.2, 0) is 16.1 Å². The second-order valence-corrected chi connectivity index (χ2v) is 8.76. The molecule has 2 aliphatic rings. The summed E-state index contributed by atoms with van der Waals surface area (Å²) in [6.07, 6.45) is 6.87. The highest BCUT2D eigenvalue weighted by molar-refractivity contribution is 5.94. The molecule has 1 N–H and O–H groups in total. The van der Waals surface area contributed by atoms with Crippen molar-refractivity contribution in [3.63, 3.8) is 0 Å². The molecule has 0 bridgehead atoms. The van der Waals surface area contributed by atoms with Gasteiger partial charge in [-0.05, 0) is 55.0 Å². The van der Waals surface area contributed by atoms with Crippen LogP contribution in [0.25, 0.3) is 6.08 Å². The highest BCUT2D eigenvalue weighted by atomic mass is 16.2. The van der Waals surface area contributed by atoms with Gasteiger partial charge in [-0.2, -0.15) is 0 Å². The van der Waals surface area contributed by atoms with E-state index in [4.69, 9.17) is 0 Å². The smallest absolute Gasteiger partial charge is 0.253 e. The average Bonchev–Trinajstić information content (AvgIpc) is 3.41. The number of nitrogens with zero attached hydrogens (tertiary/aromatic N) is 2. The fourth-order valence-corrected chi connectivity index (χ4v) is 4.45. The van der Waals surface area contributed by atoms with Gasteiger partial charge in [0.25, 0.3) is 5.91 Å². The van der Waals surface area contributed by atoms with E-state index in [1.165, 1.54) is 0 Å². The quantitative estimate of drug-likeness (QED) is 0.692. The number of amides is 3. The Balaban J connectivity index is 1.23. The van der Waals surface area contributed by atoms with Gasteiger partial charge < -0.3 is 15.1 Å². The lowest BCUT2D eigenvalue weighted by Gasteiger charge is -2.30. The van der Waals surface area contributed by atoms with Crippen molar-refractivity contribution in [3.05, 3.63) is 77.4 Å². The van der Waals surface area contributed by atoms with Crippen molar-refractivity contribution in [2.45, 2.75) is 32.2 Å². The van der Waals surface area contributed by atoms with Gasteiger partial charge in [-0.25, -0.2) is 0 Å². The summed E-state index contributed by atoms with van der Waals surface area (Å²) in [5.41, 5.74) is 2.59. The van der Waals surface area contributed by atoms with E-state index >= 15 is 0 Å². The molecule has 2 fully saturated rings. The summed E-state index contributed by atoms with van der Waals surface area (Å²) >= 11 is 0. The normalized spacial score (nSPS) is 16.8. The largest absolute Gasteiger partial charge is 0.352 e. The minimum absolute atomic E-state index is 0.0122. The summed E-state index contributed by atoms with van der Waals surface area (Å²) < 4.78 is 0. The fraction of sp³-hybridized carbons (Fsp3) is 0.370. The van der Waals surface area contributed by atoms with Crippen molar-refractivity contribution in [3.8, 4) is 0 Å². The van der Waals surface area contributed by atoms with Crippen LogP contribution in [0.15, 0.2) is 60.7 Å². The fourth-order valence-electron chi connectivity index (χ4n) is 4.45. The molecule has 4 rings (SSSR count). The van der Waals surface area contributed by atoms with Gasteiger partial charge >= 0.3 is 0 Å². The maximum absolute atomic E-state index is 12.7. The van der Waals surface area contributed by atoms with Crippen LogP contribution in [0.4, 0.5) is 0 Å². The first-order valence-corrected chi connectivity index (χ1v) is 11.8. The van der Waals surface area contributed by atoms with Crippen LogP contribution in [0.3, 0.4) is 0 Å². The van der Waals surface area contributed by atoms with Gasteiger partial charge in [-0.15, -0.1) is 0 Å². The van der Waals surface area contributed by atoms with Gasteiger partial charge in [0.15, 0.2) is 0 Å². The van der Waals surface area contributed by atoms with Crippen LogP contribution >= 0.6 is 0 Å². The molecular weight excluding hydrogens is 414 g/mol. The third-order valence-corrected chi connectivity index (χ3v) is 6.43. The molecule has 0 radical (unpaired) electrons. The van der Waals surface area contributed by atoms with Gasteiger partial charge in [0.2, 0.25) is 11.8 Å². The third kappa shape index (κ3) is 6.09. The molecule has 2 aromatic rings. The molecule has 172 valence electrons. The van der Waals surface area contributed by atoms with Crippen LogP contribution in [0.1, 0.15) is 47.2 Å². The monoisotopic (exact) mass is 445 g/mol. The average molecular weight is 446 g/mol. The van der Waals surface area contributed by atoms with Gasteiger partial charge in [-0.3, -0.25) is 14.4 Å². The Kier molecular flexibility index (Phi) is 7.55. The van der Waals surface area contributed by atoms with Gasteiger partial charge in [0.1, 0.15) is 0 Å². The summed E-state index contributed by atoms with van der Waals surface area (Å²) in [4.78, 5) is 41.4. The highest BCUT2D eigenvalue weighted by Crippen LogP contribution is 2.19. The molecule has 0 aromatic heterocycles. The van der Waals surface area contributed by atoms with Crippen molar-refractivity contribution in [2.75, 3.05) is 26.2 Å². The molecule has 3 amide bonds. The molecule has 0 saturated carbocycles. The minimum Gasteiger partial charge on any atom is -0.352 e. The Morgan fingerprint density at radius 2 is 1.61 bits per heavy atom. The van der Waals surface area contributed by atoms with Crippen molar-refractivity contribution in [1.82, 2.24) is 15.1 Å². The first-order valence-electron chi connectivity index (χ1n) is 11.8. The predicted octanol–water partition coefficient (Wildman–Crippen LogP) is 3.49. The molecule has 0 atom stereocenters. The number of benzene rings is 2. The van der Waals surface area contributed by atoms with E-state index < -0.39 is 0 Å². The summed E-state index contributed by atoms with van der Waals surface area (Å²) in [5, 5.41) is 3.01. The summed E-state index contributed by atoms with van der Waals surface area (Å²) in [5.74, 6) is -0.0315. The number of carbonyl (C=O) groups is 3.